The summed E-state index contributed by atoms with van der Waals surface area (Å²) >= 11 is 0. The molecule has 2 rings (SSSR count). The van der Waals surface area contributed by atoms with Crippen molar-refractivity contribution in [1.82, 2.24) is 0 Å². The molecule has 0 fully saturated rings. The highest BCUT2D eigenvalue weighted by Crippen LogP contribution is 2.34. The lowest BCUT2D eigenvalue weighted by molar-refractivity contribution is 0.220. The lowest BCUT2D eigenvalue weighted by Crippen LogP contribution is -2.14. The van der Waals surface area contributed by atoms with E-state index in [9.17, 15) is 4.79 Å². The normalized spacial score (nSPS) is 11.2. The van der Waals surface area contributed by atoms with E-state index in [1.807, 2.05) is 26.0 Å². The van der Waals surface area contributed by atoms with Crippen LogP contribution in [0.25, 0.3) is 11.0 Å². The van der Waals surface area contributed by atoms with Crippen molar-refractivity contribution >= 4 is 11.0 Å². The van der Waals surface area contributed by atoms with Crippen LogP contribution in [0.2, 0.25) is 0 Å². The summed E-state index contributed by atoms with van der Waals surface area (Å²) in [5, 5.41) is 0.692. The quantitative estimate of drug-likeness (QED) is 0.305. The average molecular weight is 391 g/mol. The van der Waals surface area contributed by atoms with Crippen LogP contribution >= 0.6 is 0 Å². The number of ether oxygens (including phenoxy) is 3. The molecule has 0 unspecified atom stereocenters. The zero-order valence-electron chi connectivity index (χ0n) is 17.7. The topological polar surface area (TPSA) is 57.9 Å². The summed E-state index contributed by atoms with van der Waals surface area (Å²) in [5.41, 5.74) is -0.107. The minimum atomic E-state index is -0.543. The minimum absolute atomic E-state index is 0.109. The fourth-order valence-corrected chi connectivity index (χ4v) is 3.19. The van der Waals surface area contributed by atoms with Crippen molar-refractivity contribution in [3.8, 4) is 17.2 Å². The Balaban J connectivity index is 1.92. The molecule has 1 heterocycles. The van der Waals surface area contributed by atoms with Gasteiger partial charge in [-0.3, -0.25) is 0 Å². The predicted molar refractivity (Wildman–Crippen MR) is 113 cm³/mol. The van der Waals surface area contributed by atoms with Gasteiger partial charge in [0.15, 0.2) is 5.75 Å². The predicted octanol–water partition coefficient (Wildman–Crippen LogP) is 6.11. The second kappa shape index (κ2) is 11.6. The molecule has 0 saturated heterocycles. The van der Waals surface area contributed by atoms with Crippen molar-refractivity contribution in [2.24, 2.45) is 0 Å². The van der Waals surface area contributed by atoms with E-state index in [2.05, 4.69) is 6.92 Å². The number of unbranched alkanes of at least 4 members (excludes halogenated alkanes) is 7. The zero-order chi connectivity index (χ0) is 20.4. The summed E-state index contributed by atoms with van der Waals surface area (Å²) in [6, 6.07) is 5.45. The lowest BCUT2D eigenvalue weighted by atomic mass is 10.1. The Morgan fingerprint density at radius 3 is 2.29 bits per heavy atom. The van der Waals surface area contributed by atoms with E-state index < -0.39 is 5.63 Å². The van der Waals surface area contributed by atoms with E-state index in [1.165, 1.54) is 52.1 Å². The molecule has 0 spiro atoms. The lowest BCUT2D eigenvalue weighted by Gasteiger charge is -2.14. The smallest absolute Gasteiger partial charge is 0.383 e. The van der Waals surface area contributed by atoms with Gasteiger partial charge in [-0.25, -0.2) is 4.79 Å². The fraction of sp³-hybridized carbons (Fsp3) is 0.609. The number of methoxy groups -OCH3 is 1. The van der Waals surface area contributed by atoms with Crippen LogP contribution in [0.15, 0.2) is 27.4 Å². The Morgan fingerprint density at radius 2 is 1.64 bits per heavy atom. The molecule has 0 amide bonds. The van der Waals surface area contributed by atoms with Gasteiger partial charge in [-0.05, 0) is 32.4 Å². The van der Waals surface area contributed by atoms with Crippen molar-refractivity contribution < 1.29 is 18.6 Å². The standard InChI is InChI=1S/C23H34O5/c1-5-6-7-8-9-10-11-12-15-26-18-13-14-19-20(16-18)28-23(24)22(21(19)25-4)27-17(2)3/h13-14,16-17H,5-12,15H2,1-4H3. The molecule has 0 saturated carbocycles. The molecular formula is C23H34O5. The Labute approximate surface area is 168 Å². The minimum Gasteiger partial charge on any atom is -0.493 e. The van der Waals surface area contributed by atoms with Crippen LogP contribution in [-0.2, 0) is 0 Å². The molecular weight excluding hydrogens is 356 g/mol. The molecule has 5 heteroatoms. The van der Waals surface area contributed by atoms with Gasteiger partial charge in [0.1, 0.15) is 11.3 Å². The maximum atomic E-state index is 12.3. The average Bonchev–Trinajstić information content (AvgIpc) is 2.67. The van der Waals surface area contributed by atoms with Crippen LogP contribution in [0.4, 0.5) is 0 Å². The molecule has 28 heavy (non-hydrogen) atoms. The van der Waals surface area contributed by atoms with E-state index in [4.69, 9.17) is 18.6 Å². The summed E-state index contributed by atoms with van der Waals surface area (Å²) in [6.07, 6.45) is 9.94. The fourth-order valence-electron chi connectivity index (χ4n) is 3.19. The maximum Gasteiger partial charge on any atom is 0.383 e. The first-order chi connectivity index (χ1) is 13.6. The Morgan fingerprint density at radius 1 is 0.964 bits per heavy atom. The SMILES string of the molecule is CCCCCCCCCCOc1ccc2c(OC)c(OC(C)C)c(=O)oc2c1. The Kier molecular flexibility index (Phi) is 9.18. The van der Waals surface area contributed by atoms with Gasteiger partial charge in [0.25, 0.3) is 0 Å². The third-order valence-corrected chi connectivity index (χ3v) is 4.62. The third-order valence-electron chi connectivity index (χ3n) is 4.62. The van der Waals surface area contributed by atoms with E-state index in [0.29, 0.717) is 29.1 Å². The summed E-state index contributed by atoms with van der Waals surface area (Å²) in [4.78, 5) is 12.3. The number of fused-ring (bicyclic) bond motifs is 1. The first-order valence-corrected chi connectivity index (χ1v) is 10.5. The van der Waals surface area contributed by atoms with Gasteiger partial charge in [0.05, 0.1) is 25.2 Å². The molecule has 0 aliphatic carbocycles. The van der Waals surface area contributed by atoms with Crippen LogP contribution in [0, 0.1) is 0 Å². The van der Waals surface area contributed by atoms with E-state index >= 15 is 0 Å². The zero-order valence-corrected chi connectivity index (χ0v) is 17.7. The molecule has 156 valence electrons. The number of hydrogen-bond donors (Lipinski definition) is 0. The number of benzene rings is 1. The monoisotopic (exact) mass is 390 g/mol. The van der Waals surface area contributed by atoms with Crippen LogP contribution in [0.5, 0.6) is 17.2 Å². The molecule has 0 aliphatic rings. The van der Waals surface area contributed by atoms with Crippen LogP contribution in [0.3, 0.4) is 0 Å². The van der Waals surface area contributed by atoms with E-state index in [-0.39, 0.29) is 11.9 Å². The van der Waals surface area contributed by atoms with Gasteiger partial charge in [-0.1, -0.05) is 51.9 Å². The van der Waals surface area contributed by atoms with Crippen molar-refractivity contribution in [3.05, 3.63) is 28.6 Å². The van der Waals surface area contributed by atoms with Crippen molar-refractivity contribution in [2.45, 2.75) is 78.2 Å². The first-order valence-electron chi connectivity index (χ1n) is 10.5. The summed E-state index contributed by atoms with van der Waals surface area (Å²) in [6.45, 7) is 6.61. The summed E-state index contributed by atoms with van der Waals surface area (Å²) in [5.74, 6) is 1.20. The van der Waals surface area contributed by atoms with Crippen LogP contribution in [-0.4, -0.2) is 19.8 Å². The highest BCUT2D eigenvalue weighted by Gasteiger charge is 2.18. The summed E-state index contributed by atoms with van der Waals surface area (Å²) < 4.78 is 22.3. The van der Waals surface area contributed by atoms with E-state index in [1.54, 1.807) is 6.07 Å². The third kappa shape index (κ3) is 6.47. The largest absolute Gasteiger partial charge is 0.493 e. The molecule has 1 aromatic heterocycles. The van der Waals surface area contributed by atoms with Gasteiger partial charge in [-0.2, -0.15) is 0 Å². The number of rotatable bonds is 13. The molecule has 0 atom stereocenters. The van der Waals surface area contributed by atoms with Crippen LogP contribution < -0.4 is 19.8 Å². The van der Waals surface area contributed by atoms with Crippen molar-refractivity contribution in [2.75, 3.05) is 13.7 Å². The van der Waals surface area contributed by atoms with E-state index in [0.717, 1.165) is 6.42 Å². The highest BCUT2D eigenvalue weighted by atomic mass is 16.5. The molecule has 0 N–H and O–H groups in total. The van der Waals surface area contributed by atoms with Crippen molar-refractivity contribution in [1.29, 1.82) is 0 Å². The van der Waals surface area contributed by atoms with Crippen LogP contribution in [0.1, 0.15) is 72.1 Å². The molecule has 0 radical (unpaired) electrons. The molecule has 0 bridgehead atoms. The highest BCUT2D eigenvalue weighted by molar-refractivity contribution is 5.86. The van der Waals surface area contributed by atoms with Gasteiger partial charge in [0, 0.05) is 6.07 Å². The van der Waals surface area contributed by atoms with Crippen molar-refractivity contribution in [3.63, 3.8) is 0 Å². The summed E-state index contributed by atoms with van der Waals surface area (Å²) in [7, 11) is 1.52. The molecule has 1 aromatic carbocycles. The van der Waals surface area contributed by atoms with Gasteiger partial charge < -0.3 is 18.6 Å². The van der Waals surface area contributed by atoms with Gasteiger partial charge in [0.2, 0.25) is 5.75 Å². The second-order valence-electron chi connectivity index (χ2n) is 7.40. The molecule has 0 aliphatic heterocycles. The first kappa shape index (κ1) is 22.1. The van der Waals surface area contributed by atoms with Gasteiger partial charge in [-0.15, -0.1) is 0 Å². The Hall–Kier alpha value is -2.17. The number of hydrogen-bond acceptors (Lipinski definition) is 5. The Bertz CT molecular complexity index is 778. The molecule has 2 aromatic rings. The van der Waals surface area contributed by atoms with Gasteiger partial charge >= 0.3 is 5.63 Å². The maximum absolute atomic E-state index is 12.3. The second-order valence-corrected chi connectivity index (χ2v) is 7.40. The molecule has 5 nitrogen and oxygen atoms in total.